The van der Waals surface area contributed by atoms with Crippen LogP contribution in [0.15, 0.2) is 48.8 Å². The van der Waals surface area contributed by atoms with Crippen LogP contribution in [-0.2, 0) is 0 Å². The van der Waals surface area contributed by atoms with Gasteiger partial charge in [0.25, 0.3) is 0 Å². The summed E-state index contributed by atoms with van der Waals surface area (Å²) in [6.07, 6.45) is 3.76. The molecule has 0 N–H and O–H groups in total. The molecule has 0 aliphatic carbocycles. The lowest BCUT2D eigenvalue weighted by Crippen LogP contribution is -1.95. The van der Waals surface area contributed by atoms with Crippen LogP contribution in [0.25, 0.3) is 32.7 Å². The summed E-state index contributed by atoms with van der Waals surface area (Å²) in [6, 6.07) is 12.4. The molecule has 0 spiro atoms. The summed E-state index contributed by atoms with van der Waals surface area (Å²) in [5.74, 6) is 0. The topological polar surface area (TPSA) is 38.7 Å². The van der Waals surface area contributed by atoms with Crippen molar-refractivity contribution in [2.24, 2.45) is 0 Å². The zero-order valence-electron chi connectivity index (χ0n) is 13.9. The third-order valence-electron chi connectivity index (χ3n) is 4.18. The Kier molecular flexibility index (Phi) is 3.62. The van der Waals surface area contributed by atoms with E-state index in [9.17, 15) is 0 Å². The molecule has 24 heavy (non-hydrogen) atoms. The fourth-order valence-corrected chi connectivity index (χ4v) is 3.87. The van der Waals surface area contributed by atoms with Crippen molar-refractivity contribution in [2.75, 3.05) is 0 Å². The Morgan fingerprint density at radius 3 is 2.50 bits per heavy atom. The second-order valence-corrected chi connectivity index (χ2v) is 7.17. The van der Waals surface area contributed by atoms with Crippen LogP contribution < -0.4 is 0 Å². The molecule has 0 atom stereocenters. The molecule has 3 nitrogen and oxygen atoms in total. The first-order valence-corrected chi connectivity index (χ1v) is 8.70. The lowest BCUT2D eigenvalue weighted by molar-refractivity contribution is 1.26. The van der Waals surface area contributed by atoms with E-state index in [1.165, 1.54) is 16.7 Å². The molecule has 0 bridgehead atoms. The Hall–Kier alpha value is -2.59. The van der Waals surface area contributed by atoms with Gasteiger partial charge in [0.1, 0.15) is 0 Å². The zero-order valence-corrected chi connectivity index (χ0v) is 14.7. The summed E-state index contributed by atoms with van der Waals surface area (Å²) >= 11 is 1.67. The number of fused-ring (bicyclic) bond motifs is 1. The minimum atomic E-state index is 0.915. The smallest absolute Gasteiger partial charge is 0.0908 e. The van der Waals surface area contributed by atoms with Crippen molar-refractivity contribution in [1.82, 2.24) is 15.0 Å². The lowest BCUT2D eigenvalue weighted by Gasteiger charge is -2.13. The van der Waals surface area contributed by atoms with E-state index in [-0.39, 0.29) is 0 Å². The standard InChI is InChI=1S/C20H17N3S/c1-12-6-4-7-13(2)19(12)20-15(8-5-9-21-20)16-10-17-18(11-22-16)24-14(3)23-17/h4-11H,1-3H3. The first kappa shape index (κ1) is 15.0. The van der Waals surface area contributed by atoms with Gasteiger partial charge in [0, 0.05) is 23.5 Å². The van der Waals surface area contributed by atoms with Gasteiger partial charge in [-0.3, -0.25) is 9.97 Å². The largest absolute Gasteiger partial charge is 0.256 e. The molecule has 4 aromatic rings. The first-order valence-electron chi connectivity index (χ1n) is 7.88. The predicted molar refractivity (Wildman–Crippen MR) is 100 cm³/mol. The molecular weight excluding hydrogens is 314 g/mol. The van der Waals surface area contributed by atoms with Gasteiger partial charge in [-0.05, 0) is 50.1 Å². The molecule has 3 aromatic heterocycles. The second kappa shape index (κ2) is 5.80. The van der Waals surface area contributed by atoms with Gasteiger partial charge in [-0.25, -0.2) is 4.98 Å². The second-order valence-electron chi connectivity index (χ2n) is 5.94. The van der Waals surface area contributed by atoms with Gasteiger partial charge in [-0.1, -0.05) is 18.2 Å². The maximum Gasteiger partial charge on any atom is 0.0908 e. The van der Waals surface area contributed by atoms with E-state index >= 15 is 0 Å². The molecule has 118 valence electrons. The van der Waals surface area contributed by atoms with E-state index in [1.807, 2.05) is 25.4 Å². The van der Waals surface area contributed by atoms with Gasteiger partial charge >= 0.3 is 0 Å². The minimum Gasteiger partial charge on any atom is -0.256 e. The van der Waals surface area contributed by atoms with Gasteiger partial charge < -0.3 is 0 Å². The molecule has 0 fully saturated rings. The fraction of sp³-hybridized carbons (Fsp3) is 0.150. The third kappa shape index (κ3) is 2.49. The third-order valence-corrected chi connectivity index (χ3v) is 5.11. The molecule has 0 aliphatic heterocycles. The monoisotopic (exact) mass is 331 g/mol. The van der Waals surface area contributed by atoms with Crippen LogP contribution in [0.1, 0.15) is 16.1 Å². The van der Waals surface area contributed by atoms with Crippen molar-refractivity contribution in [2.45, 2.75) is 20.8 Å². The summed E-state index contributed by atoms with van der Waals surface area (Å²) in [6.45, 7) is 6.28. The van der Waals surface area contributed by atoms with E-state index in [1.54, 1.807) is 11.3 Å². The predicted octanol–water partition coefficient (Wildman–Crippen LogP) is 5.35. The molecule has 1 aromatic carbocycles. The molecule has 0 saturated heterocycles. The van der Waals surface area contributed by atoms with E-state index in [0.717, 1.165) is 32.2 Å². The van der Waals surface area contributed by atoms with Crippen LogP contribution in [0.5, 0.6) is 0 Å². The van der Waals surface area contributed by atoms with Crippen molar-refractivity contribution in [3.05, 3.63) is 64.9 Å². The van der Waals surface area contributed by atoms with Crippen molar-refractivity contribution in [3.63, 3.8) is 0 Å². The van der Waals surface area contributed by atoms with E-state index in [2.05, 4.69) is 59.1 Å². The van der Waals surface area contributed by atoms with Gasteiger partial charge in [-0.15, -0.1) is 11.3 Å². The average Bonchev–Trinajstić information content (AvgIpc) is 2.94. The summed E-state index contributed by atoms with van der Waals surface area (Å²) in [7, 11) is 0. The van der Waals surface area contributed by atoms with Crippen LogP contribution in [-0.4, -0.2) is 15.0 Å². The number of aryl methyl sites for hydroxylation is 3. The van der Waals surface area contributed by atoms with Crippen LogP contribution in [0.3, 0.4) is 0 Å². The Balaban J connectivity index is 1.95. The number of benzene rings is 1. The Bertz CT molecular complexity index is 1030. The molecule has 0 unspecified atom stereocenters. The van der Waals surface area contributed by atoms with Gasteiger partial charge in [0.15, 0.2) is 0 Å². The Morgan fingerprint density at radius 2 is 1.71 bits per heavy atom. The quantitative estimate of drug-likeness (QED) is 0.497. The van der Waals surface area contributed by atoms with Crippen LogP contribution >= 0.6 is 11.3 Å². The van der Waals surface area contributed by atoms with Crippen molar-refractivity contribution in [3.8, 4) is 22.5 Å². The number of thiazole rings is 1. The minimum absolute atomic E-state index is 0.915. The molecule has 4 rings (SSSR count). The molecule has 4 heteroatoms. The van der Waals surface area contributed by atoms with E-state index in [0.29, 0.717) is 0 Å². The first-order chi connectivity index (χ1) is 11.6. The highest BCUT2D eigenvalue weighted by Crippen LogP contribution is 2.34. The summed E-state index contributed by atoms with van der Waals surface area (Å²) in [5, 5.41) is 1.06. The van der Waals surface area contributed by atoms with Gasteiger partial charge in [0.05, 0.1) is 26.6 Å². The molecule has 0 amide bonds. The SMILES string of the molecule is Cc1nc2cc(-c3cccnc3-c3c(C)cccc3C)ncc2s1. The summed E-state index contributed by atoms with van der Waals surface area (Å²) in [5.41, 5.74) is 7.57. The van der Waals surface area contributed by atoms with E-state index in [4.69, 9.17) is 0 Å². The maximum atomic E-state index is 4.67. The normalized spacial score (nSPS) is 11.1. The van der Waals surface area contributed by atoms with Crippen molar-refractivity contribution in [1.29, 1.82) is 0 Å². The number of nitrogens with zero attached hydrogens (tertiary/aromatic N) is 3. The molecular formula is C20H17N3S. The lowest BCUT2D eigenvalue weighted by atomic mass is 9.95. The molecule has 0 radical (unpaired) electrons. The number of hydrogen-bond acceptors (Lipinski definition) is 4. The fourth-order valence-electron chi connectivity index (χ4n) is 3.10. The van der Waals surface area contributed by atoms with E-state index < -0.39 is 0 Å². The molecule has 0 aliphatic rings. The van der Waals surface area contributed by atoms with Crippen molar-refractivity contribution >= 4 is 21.6 Å². The Morgan fingerprint density at radius 1 is 0.917 bits per heavy atom. The van der Waals surface area contributed by atoms with Crippen LogP contribution in [0.4, 0.5) is 0 Å². The maximum absolute atomic E-state index is 4.67. The number of rotatable bonds is 2. The van der Waals surface area contributed by atoms with Crippen LogP contribution in [0, 0.1) is 20.8 Å². The number of aromatic nitrogens is 3. The highest BCUT2D eigenvalue weighted by Gasteiger charge is 2.14. The highest BCUT2D eigenvalue weighted by molar-refractivity contribution is 7.18. The average molecular weight is 331 g/mol. The number of pyridine rings is 2. The van der Waals surface area contributed by atoms with Crippen LogP contribution in [0.2, 0.25) is 0 Å². The molecule has 0 saturated carbocycles. The zero-order chi connectivity index (χ0) is 16.7. The summed E-state index contributed by atoms with van der Waals surface area (Å²) < 4.78 is 1.12. The summed E-state index contributed by atoms with van der Waals surface area (Å²) in [4.78, 5) is 13.9. The van der Waals surface area contributed by atoms with Crippen molar-refractivity contribution < 1.29 is 0 Å². The Labute approximate surface area is 145 Å². The van der Waals surface area contributed by atoms with Gasteiger partial charge in [-0.2, -0.15) is 0 Å². The van der Waals surface area contributed by atoms with Gasteiger partial charge in [0.2, 0.25) is 0 Å². The number of hydrogen-bond donors (Lipinski definition) is 0. The molecule has 3 heterocycles. The highest BCUT2D eigenvalue weighted by atomic mass is 32.1.